The highest BCUT2D eigenvalue weighted by Gasteiger charge is 2.24. The standard InChI is InChI=1S/C24H28N4O3/c1-2-17-8-10-19(11-9-17)23-26-22(31-27-23)14-25-21-7-3-6-20(13-21)24(30)28-12-4-5-18(15-28)16-29/h3,6-11,13,18,25,29H,2,4-5,12,14-16H2,1H3. The Morgan fingerprint density at radius 1 is 1.26 bits per heavy atom. The van der Waals surface area contributed by atoms with Gasteiger partial charge in [0.25, 0.3) is 5.91 Å². The molecule has 4 rings (SSSR count). The highest BCUT2D eigenvalue weighted by molar-refractivity contribution is 5.95. The molecule has 1 aliphatic rings. The Morgan fingerprint density at radius 3 is 2.87 bits per heavy atom. The SMILES string of the molecule is CCc1ccc(-c2noc(CNc3cccc(C(=O)N4CCCC(CO)C4)c3)n2)cc1. The van der Waals surface area contributed by atoms with Gasteiger partial charge in [-0.25, -0.2) is 0 Å². The normalized spacial score (nSPS) is 16.3. The predicted molar refractivity (Wildman–Crippen MR) is 119 cm³/mol. The zero-order valence-corrected chi connectivity index (χ0v) is 17.8. The number of hydrogen-bond acceptors (Lipinski definition) is 6. The van der Waals surface area contributed by atoms with Crippen molar-refractivity contribution in [1.82, 2.24) is 15.0 Å². The number of hydrogen-bond donors (Lipinski definition) is 2. The van der Waals surface area contributed by atoms with E-state index in [1.165, 1.54) is 5.56 Å². The summed E-state index contributed by atoms with van der Waals surface area (Å²) < 4.78 is 5.37. The summed E-state index contributed by atoms with van der Waals surface area (Å²) in [5.41, 5.74) is 3.63. The van der Waals surface area contributed by atoms with Crippen molar-refractivity contribution in [3.63, 3.8) is 0 Å². The second-order valence-electron chi connectivity index (χ2n) is 7.94. The molecule has 7 heteroatoms. The number of piperidine rings is 1. The third-order valence-corrected chi connectivity index (χ3v) is 5.71. The van der Waals surface area contributed by atoms with Crippen LogP contribution < -0.4 is 5.32 Å². The largest absolute Gasteiger partial charge is 0.396 e. The number of rotatable bonds is 7. The maximum absolute atomic E-state index is 12.9. The third-order valence-electron chi connectivity index (χ3n) is 5.71. The first-order valence-corrected chi connectivity index (χ1v) is 10.8. The molecular formula is C24H28N4O3. The maximum atomic E-state index is 12.9. The quantitative estimate of drug-likeness (QED) is 0.605. The summed E-state index contributed by atoms with van der Waals surface area (Å²) in [7, 11) is 0. The van der Waals surface area contributed by atoms with Crippen LogP contribution in [-0.2, 0) is 13.0 Å². The van der Waals surface area contributed by atoms with Gasteiger partial charge in [0.15, 0.2) is 0 Å². The van der Waals surface area contributed by atoms with E-state index in [0.717, 1.165) is 37.1 Å². The molecule has 162 valence electrons. The number of amides is 1. The first-order chi connectivity index (χ1) is 15.2. The Balaban J connectivity index is 1.38. The lowest BCUT2D eigenvalue weighted by Crippen LogP contribution is -2.40. The molecule has 1 amide bonds. The number of anilines is 1. The minimum absolute atomic E-state index is 0.00240. The second kappa shape index (κ2) is 9.75. The summed E-state index contributed by atoms with van der Waals surface area (Å²) in [4.78, 5) is 19.2. The monoisotopic (exact) mass is 420 g/mol. The Labute approximate surface area is 182 Å². The van der Waals surface area contributed by atoms with Gasteiger partial charge in [-0.2, -0.15) is 4.98 Å². The van der Waals surface area contributed by atoms with E-state index in [9.17, 15) is 9.90 Å². The number of aliphatic hydroxyl groups is 1. The van der Waals surface area contributed by atoms with Crippen LogP contribution in [0, 0.1) is 5.92 Å². The van der Waals surface area contributed by atoms with E-state index in [-0.39, 0.29) is 18.4 Å². The smallest absolute Gasteiger partial charge is 0.253 e. The predicted octanol–water partition coefficient (Wildman–Crippen LogP) is 3.76. The van der Waals surface area contributed by atoms with E-state index in [0.29, 0.717) is 30.4 Å². The molecule has 0 aliphatic carbocycles. The molecule has 1 aromatic heterocycles. The molecule has 1 unspecified atom stereocenters. The van der Waals surface area contributed by atoms with Crippen LogP contribution in [0.5, 0.6) is 0 Å². The lowest BCUT2D eigenvalue weighted by molar-refractivity contribution is 0.0621. The van der Waals surface area contributed by atoms with Gasteiger partial charge in [-0.15, -0.1) is 0 Å². The highest BCUT2D eigenvalue weighted by atomic mass is 16.5. The minimum Gasteiger partial charge on any atom is -0.396 e. The summed E-state index contributed by atoms with van der Waals surface area (Å²) in [6.45, 7) is 3.95. The number of likely N-dealkylation sites (tertiary alicyclic amines) is 1. The topological polar surface area (TPSA) is 91.5 Å². The van der Waals surface area contributed by atoms with Crippen molar-refractivity contribution in [3.8, 4) is 11.4 Å². The van der Waals surface area contributed by atoms with Gasteiger partial charge >= 0.3 is 0 Å². The van der Waals surface area contributed by atoms with Crippen LogP contribution in [0.25, 0.3) is 11.4 Å². The van der Waals surface area contributed by atoms with Gasteiger partial charge in [0.2, 0.25) is 11.7 Å². The van der Waals surface area contributed by atoms with Crippen LogP contribution in [0.3, 0.4) is 0 Å². The number of benzene rings is 2. The molecule has 0 radical (unpaired) electrons. The fourth-order valence-corrected chi connectivity index (χ4v) is 3.85. The minimum atomic E-state index is -0.00240. The van der Waals surface area contributed by atoms with Crippen molar-refractivity contribution in [2.45, 2.75) is 32.7 Å². The molecule has 2 N–H and O–H groups in total. The van der Waals surface area contributed by atoms with E-state index in [1.807, 2.05) is 41.3 Å². The van der Waals surface area contributed by atoms with E-state index in [4.69, 9.17) is 4.52 Å². The summed E-state index contributed by atoms with van der Waals surface area (Å²) in [6.07, 6.45) is 2.88. The van der Waals surface area contributed by atoms with Gasteiger partial charge in [-0.05, 0) is 48.9 Å². The lowest BCUT2D eigenvalue weighted by atomic mass is 9.98. The van der Waals surface area contributed by atoms with Crippen LogP contribution in [0.15, 0.2) is 53.1 Å². The number of aryl methyl sites for hydroxylation is 1. The summed E-state index contributed by atoms with van der Waals surface area (Å²) >= 11 is 0. The van der Waals surface area contributed by atoms with Gasteiger partial charge in [0, 0.05) is 36.5 Å². The molecule has 1 atom stereocenters. The number of nitrogens with one attached hydrogen (secondary N) is 1. The van der Waals surface area contributed by atoms with E-state index < -0.39 is 0 Å². The third kappa shape index (κ3) is 5.11. The fourth-order valence-electron chi connectivity index (χ4n) is 3.85. The molecule has 0 saturated carbocycles. The van der Waals surface area contributed by atoms with Gasteiger partial charge in [0.05, 0.1) is 6.54 Å². The first-order valence-electron chi connectivity index (χ1n) is 10.8. The average Bonchev–Trinajstić information content (AvgIpc) is 3.31. The summed E-state index contributed by atoms with van der Waals surface area (Å²) in [5, 5.41) is 16.7. The van der Waals surface area contributed by atoms with Gasteiger partial charge in [-0.1, -0.05) is 42.4 Å². The molecule has 1 saturated heterocycles. The van der Waals surface area contributed by atoms with Gasteiger partial charge < -0.3 is 19.8 Å². The molecule has 0 spiro atoms. The van der Waals surface area contributed by atoms with Crippen molar-refractivity contribution < 1.29 is 14.4 Å². The van der Waals surface area contributed by atoms with E-state index in [1.54, 1.807) is 0 Å². The van der Waals surface area contributed by atoms with E-state index in [2.05, 4.69) is 34.5 Å². The van der Waals surface area contributed by atoms with Crippen molar-refractivity contribution in [2.75, 3.05) is 25.0 Å². The van der Waals surface area contributed by atoms with Crippen LogP contribution in [0.4, 0.5) is 5.69 Å². The average molecular weight is 421 g/mol. The lowest BCUT2D eigenvalue weighted by Gasteiger charge is -2.32. The van der Waals surface area contributed by atoms with Gasteiger partial charge in [0.1, 0.15) is 0 Å². The van der Waals surface area contributed by atoms with Crippen LogP contribution in [0.2, 0.25) is 0 Å². The summed E-state index contributed by atoms with van der Waals surface area (Å²) in [6, 6.07) is 15.6. The molecule has 0 bridgehead atoms. The van der Waals surface area contributed by atoms with Crippen LogP contribution in [-0.4, -0.2) is 45.8 Å². The molecule has 1 fully saturated rings. The molecule has 31 heavy (non-hydrogen) atoms. The number of carbonyl (C=O) groups is 1. The van der Waals surface area contributed by atoms with Crippen LogP contribution >= 0.6 is 0 Å². The molecule has 3 aromatic rings. The zero-order chi connectivity index (χ0) is 21.6. The number of carbonyl (C=O) groups excluding carboxylic acids is 1. The van der Waals surface area contributed by atoms with Crippen molar-refractivity contribution in [1.29, 1.82) is 0 Å². The Hall–Kier alpha value is -3.19. The summed E-state index contributed by atoms with van der Waals surface area (Å²) in [5.74, 6) is 1.21. The number of aliphatic hydroxyl groups excluding tert-OH is 1. The number of nitrogens with zero attached hydrogens (tertiary/aromatic N) is 3. The van der Waals surface area contributed by atoms with Crippen molar-refractivity contribution >= 4 is 11.6 Å². The molecule has 1 aliphatic heterocycles. The maximum Gasteiger partial charge on any atom is 0.253 e. The fraction of sp³-hybridized carbons (Fsp3) is 0.375. The Kier molecular flexibility index (Phi) is 6.62. The molecule has 2 heterocycles. The second-order valence-corrected chi connectivity index (χ2v) is 7.94. The molecular weight excluding hydrogens is 392 g/mol. The Bertz CT molecular complexity index is 1020. The van der Waals surface area contributed by atoms with Crippen molar-refractivity contribution in [3.05, 3.63) is 65.5 Å². The van der Waals surface area contributed by atoms with Crippen LogP contribution in [0.1, 0.15) is 41.6 Å². The zero-order valence-electron chi connectivity index (χ0n) is 17.8. The van der Waals surface area contributed by atoms with E-state index >= 15 is 0 Å². The molecule has 2 aromatic carbocycles. The number of aromatic nitrogens is 2. The first kappa shape index (κ1) is 21.1. The van der Waals surface area contributed by atoms with Crippen molar-refractivity contribution in [2.24, 2.45) is 5.92 Å². The highest BCUT2D eigenvalue weighted by Crippen LogP contribution is 2.21. The molecule has 7 nitrogen and oxygen atoms in total. The van der Waals surface area contributed by atoms with Gasteiger partial charge in [-0.3, -0.25) is 4.79 Å². The Morgan fingerprint density at radius 2 is 2.10 bits per heavy atom.